The molecule has 1 saturated carbocycles. The van der Waals surface area contributed by atoms with Crippen molar-refractivity contribution < 1.29 is 4.39 Å². The van der Waals surface area contributed by atoms with Gasteiger partial charge in [-0.25, -0.2) is 9.37 Å². The van der Waals surface area contributed by atoms with Gasteiger partial charge in [0.15, 0.2) is 0 Å². The molecule has 0 aliphatic heterocycles. The molecule has 0 saturated heterocycles. The molecule has 0 spiro atoms. The van der Waals surface area contributed by atoms with Crippen molar-refractivity contribution >= 4 is 0 Å². The Morgan fingerprint density at radius 2 is 2.06 bits per heavy atom. The van der Waals surface area contributed by atoms with Crippen LogP contribution >= 0.6 is 0 Å². The van der Waals surface area contributed by atoms with Crippen LogP contribution in [0, 0.1) is 5.82 Å². The van der Waals surface area contributed by atoms with Crippen molar-refractivity contribution in [3.05, 3.63) is 42.1 Å². The summed E-state index contributed by atoms with van der Waals surface area (Å²) in [7, 11) is 0. The van der Waals surface area contributed by atoms with Crippen molar-refractivity contribution in [2.45, 2.75) is 24.8 Å². The molecule has 0 bridgehead atoms. The van der Waals surface area contributed by atoms with Crippen molar-refractivity contribution in [2.75, 3.05) is 0 Å². The third kappa shape index (κ3) is 1.65. The number of hydrogen-bond acceptors (Lipinski definition) is 2. The van der Waals surface area contributed by atoms with Crippen LogP contribution in [-0.4, -0.2) is 9.97 Å². The summed E-state index contributed by atoms with van der Waals surface area (Å²) in [5, 5.41) is 0. The second kappa shape index (κ2) is 3.67. The Morgan fingerprint density at radius 3 is 2.71 bits per heavy atom. The normalized spacial score (nSPS) is 17.8. The van der Waals surface area contributed by atoms with Gasteiger partial charge < -0.3 is 10.7 Å². The fourth-order valence-electron chi connectivity index (χ4n) is 2.19. The lowest BCUT2D eigenvalue weighted by Crippen LogP contribution is -2.44. The van der Waals surface area contributed by atoms with Gasteiger partial charge in [0, 0.05) is 5.56 Å². The van der Waals surface area contributed by atoms with Gasteiger partial charge in [-0.3, -0.25) is 0 Å². The van der Waals surface area contributed by atoms with Crippen LogP contribution in [0.15, 0.2) is 30.5 Å². The summed E-state index contributed by atoms with van der Waals surface area (Å²) in [4.78, 5) is 7.42. The first-order valence-electron chi connectivity index (χ1n) is 5.78. The second-order valence-corrected chi connectivity index (χ2v) is 4.64. The highest BCUT2D eigenvalue weighted by atomic mass is 19.1. The molecule has 4 heteroatoms. The van der Waals surface area contributed by atoms with Crippen LogP contribution in [-0.2, 0) is 5.54 Å². The molecule has 1 aromatic carbocycles. The van der Waals surface area contributed by atoms with E-state index in [0.717, 1.165) is 25.1 Å². The first kappa shape index (κ1) is 10.5. The molecule has 1 fully saturated rings. The maximum Gasteiger partial charge on any atom is 0.132 e. The maximum absolute atomic E-state index is 13.6. The zero-order valence-electron chi connectivity index (χ0n) is 9.41. The Hall–Kier alpha value is -1.68. The summed E-state index contributed by atoms with van der Waals surface area (Å²) in [6, 6.07) is 6.65. The molecule has 88 valence electrons. The van der Waals surface area contributed by atoms with E-state index >= 15 is 0 Å². The van der Waals surface area contributed by atoms with Crippen LogP contribution in [0.25, 0.3) is 11.3 Å². The number of imidazole rings is 1. The van der Waals surface area contributed by atoms with E-state index in [-0.39, 0.29) is 11.4 Å². The number of H-pyrrole nitrogens is 1. The van der Waals surface area contributed by atoms with Crippen molar-refractivity contribution in [1.29, 1.82) is 0 Å². The zero-order valence-corrected chi connectivity index (χ0v) is 9.41. The van der Waals surface area contributed by atoms with Crippen molar-refractivity contribution in [3.8, 4) is 11.3 Å². The third-order valence-corrected chi connectivity index (χ3v) is 3.46. The Labute approximate surface area is 98.9 Å². The Bertz CT molecular complexity index is 543. The van der Waals surface area contributed by atoms with Gasteiger partial charge in [-0.15, -0.1) is 0 Å². The van der Waals surface area contributed by atoms with E-state index in [2.05, 4.69) is 9.97 Å². The highest BCUT2D eigenvalue weighted by Crippen LogP contribution is 2.37. The molecule has 3 nitrogen and oxygen atoms in total. The van der Waals surface area contributed by atoms with Gasteiger partial charge in [-0.05, 0) is 31.4 Å². The molecule has 2 aromatic rings. The van der Waals surface area contributed by atoms with Gasteiger partial charge in [-0.2, -0.15) is 0 Å². The number of hydrogen-bond donors (Lipinski definition) is 2. The molecule has 1 aromatic heterocycles. The Morgan fingerprint density at radius 1 is 1.29 bits per heavy atom. The second-order valence-electron chi connectivity index (χ2n) is 4.64. The summed E-state index contributed by atoms with van der Waals surface area (Å²) >= 11 is 0. The molecule has 0 unspecified atom stereocenters. The van der Waals surface area contributed by atoms with Crippen molar-refractivity contribution in [2.24, 2.45) is 5.73 Å². The van der Waals surface area contributed by atoms with Crippen molar-refractivity contribution in [1.82, 2.24) is 9.97 Å². The SMILES string of the molecule is NC1(c2ncc(-c3ccccc3F)[nH]2)CCC1. The van der Waals surface area contributed by atoms with Gasteiger partial charge in [0.1, 0.15) is 11.6 Å². The monoisotopic (exact) mass is 231 g/mol. The van der Waals surface area contributed by atoms with Crippen LogP contribution in [0.3, 0.4) is 0 Å². The molecule has 3 rings (SSSR count). The number of aromatic amines is 1. The van der Waals surface area contributed by atoms with Gasteiger partial charge in [0.25, 0.3) is 0 Å². The van der Waals surface area contributed by atoms with Gasteiger partial charge in [0.2, 0.25) is 0 Å². The minimum absolute atomic E-state index is 0.248. The third-order valence-electron chi connectivity index (χ3n) is 3.46. The van der Waals surface area contributed by atoms with Gasteiger partial charge in [0.05, 0.1) is 17.4 Å². The summed E-state index contributed by atoms with van der Waals surface area (Å²) in [5.74, 6) is 0.518. The molecule has 0 atom stereocenters. The highest BCUT2D eigenvalue weighted by molar-refractivity contribution is 5.59. The first-order valence-corrected chi connectivity index (χ1v) is 5.78. The van der Waals surface area contributed by atoms with Gasteiger partial charge in [-0.1, -0.05) is 12.1 Å². The summed E-state index contributed by atoms with van der Waals surface area (Å²) in [5.41, 5.74) is 7.06. The number of benzene rings is 1. The van der Waals surface area contributed by atoms with E-state index in [9.17, 15) is 4.39 Å². The lowest BCUT2D eigenvalue weighted by Gasteiger charge is -2.35. The molecule has 0 amide bonds. The zero-order chi connectivity index (χ0) is 11.9. The van der Waals surface area contributed by atoms with Gasteiger partial charge >= 0.3 is 0 Å². The topological polar surface area (TPSA) is 54.7 Å². The molecule has 1 aliphatic rings. The van der Waals surface area contributed by atoms with Crippen LogP contribution in [0.1, 0.15) is 25.1 Å². The molecule has 0 radical (unpaired) electrons. The van der Waals surface area contributed by atoms with Crippen LogP contribution in [0.4, 0.5) is 4.39 Å². The van der Waals surface area contributed by atoms with E-state index in [1.54, 1.807) is 24.4 Å². The largest absolute Gasteiger partial charge is 0.340 e. The number of nitrogens with two attached hydrogens (primary N) is 1. The van der Waals surface area contributed by atoms with E-state index in [1.807, 2.05) is 0 Å². The summed E-state index contributed by atoms with van der Waals surface area (Å²) in [6.07, 6.45) is 4.67. The van der Waals surface area contributed by atoms with E-state index in [1.165, 1.54) is 6.07 Å². The van der Waals surface area contributed by atoms with E-state index in [4.69, 9.17) is 5.73 Å². The summed E-state index contributed by atoms with van der Waals surface area (Å²) < 4.78 is 13.6. The lowest BCUT2D eigenvalue weighted by molar-refractivity contribution is 0.240. The minimum Gasteiger partial charge on any atom is -0.340 e. The fraction of sp³-hybridized carbons (Fsp3) is 0.308. The predicted molar refractivity (Wildman–Crippen MR) is 63.7 cm³/mol. The standard InChI is InChI=1S/C13H14FN3/c14-10-5-2-1-4-9(10)11-8-16-12(17-11)13(15)6-3-7-13/h1-2,4-5,8H,3,6-7,15H2,(H,16,17). The smallest absolute Gasteiger partial charge is 0.132 e. The number of nitrogens with zero attached hydrogens (tertiary/aromatic N) is 1. The van der Waals surface area contributed by atoms with Crippen LogP contribution in [0.2, 0.25) is 0 Å². The molecular formula is C13H14FN3. The van der Waals surface area contributed by atoms with Crippen LogP contribution < -0.4 is 5.73 Å². The predicted octanol–water partition coefficient (Wildman–Crippen LogP) is 2.55. The molecular weight excluding hydrogens is 217 g/mol. The molecule has 17 heavy (non-hydrogen) atoms. The number of rotatable bonds is 2. The Kier molecular flexibility index (Phi) is 2.26. The van der Waals surface area contributed by atoms with E-state index in [0.29, 0.717) is 11.3 Å². The number of aromatic nitrogens is 2. The average Bonchev–Trinajstić information content (AvgIpc) is 2.76. The molecule has 1 aliphatic carbocycles. The lowest BCUT2D eigenvalue weighted by atomic mass is 9.77. The quantitative estimate of drug-likeness (QED) is 0.834. The Balaban J connectivity index is 1.98. The van der Waals surface area contributed by atoms with E-state index < -0.39 is 0 Å². The number of halogens is 1. The summed E-state index contributed by atoms with van der Waals surface area (Å²) in [6.45, 7) is 0. The first-order chi connectivity index (χ1) is 8.19. The minimum atomic E-state index is -0.330. The fourth-order valence-corrected chi connectivity index (χ4v) is 2.19. The highest BCUT2D eigenvalue weighted by Gasteiger charge is 2.37. The van der Waals surface area contributed by atoms with Crippen molar-refractivity contribution in [3.63, 3.8) is 0 Å². The average molecular weight is 231 g/mol. The maximum atomic E-state index is 13.6. The molecule has 1 heterocycles. The number of nitrogens with one attached hydrogen (secondary N) is 1. The van der Waals surface area contributed by atoms with Crippen LogP contribution in [0.5, 0.6) is 0 Å². The molecule has 3 N–H and O–H groups in total.